The number of carbonyl (C=O) groups is 1. The van der Waals surface area contributed by atoms with Crippen LogP contribution in [0.1, 0.15) is 58.8 Å². The van der Waals surface area contributed by atoms with E-state index < -0.39 is 5.97 Å². The summed E-state index contributed by atoms with van der Waals surface area (Å²) in [5, 5.41) is 8.96. The molecule has 0 amide bonds. The Balaban J connectivity index is 1.89. The highest BCUT2D eigenvalue weighted by atomic mass is 16.5. The molecule has 2 saturated carbocycles. The predicted octanol–water partition coefficient (Wildman–Crippen LogP) is 3.23. The summed E-state index contributed by atoms with van der Waals surface area (Å²) < 4.78 is 6.16. The zero-order valence-electron chi connectivity index (χ0n) is 10.9. The second-order valence-electron chi connectivity index (χ2n) is 6.11. The first-order valence-electron chi connectivity index (χ1n) is 6.90. The van der Waals surface area contributed by atoms with Gasteiger partial charge in [-0.25, -0.2) is 0 Å². The third-order valence-electron chi connectivity index (χ3n) is 4.70. The van der Waals surface area contributed by atoms with Gasteiger partial charge in [-0.15, -0.1) is 0 Å². The highest BCUT2D eigenvalue weighted by Crippen LogP contribution is 2.42. The summed E-state index contributed by atoms with van der Waals surface area (Å²) in [4.78, 5) is 10.9. The summed E-state index contributed by atoms with van der Waals surface area (Å²) in [6, 6.07) is 0. The fourth-order valence-corrected chi connectivity index (χ4v) is 3.14. The monoisotopic (exact) mass is 240 g/mol. The molecule has 0 bridgehead atoms. The smallest absolute Gasteiger partial charge is 0.306 e. The first-order valence-corrected chi connectivity index (χ1v) is 6.90. The maximum Gasteiger partial charge on any atom is 0.306 e. The lowest BCUT2D eigenvalue weighted by atomic mass is 9.75. The average Bonchev–Trinajstić information content (AvgIpc) is 2.19. The van der Waals surface area contributed by atoms with Crippen LogP contribution >= 0.6 is 0 Å². The minimum Gasteiger partial charge on any atom is -0.481 e. The van der Waals surface area contributed by atoms with Gasteiger partial charge >= 0.3 is 5.97 Å². The Hall–Kier alpha value is -0.570. The van der Waals surface area contributed by atoms with Crippen molar-refractivity contribution in [1.29, 1.82) is 0 Å². The van der Waals surface area contributed by atoms with Gasteiger partial charge in [-0.1, -0.05) is 13.8 Å². The molecule has 0 aromatic carbocycles. The zero-order valence-corrected chi connectivity index (χ0v) is 10.9. The number of ether oxygens (including phenoxy) is 1. The van der Waals surface area contributed by atoms with Crippen LogP contribution in [0.4, 0.5) is 0 Å². The number of rotatable bonds is 4. The molecule has 0 aliphatic heterocycles. The standard InChI is InChI=1S/C14H24O3/c1-10-4-5-12(8-11(10)2)17-14(6-3-7-14)9-13(15)16/h10-12H,3-9H2,1-2H3,(H,15,16). The highest BCUT2D eigenvalue weighted by Gasteiger charge is 2.42. The SMILES string of the molecule is CC1CCC(OC2(CC(=O)O)CCC2)CC1C. The van der Waals surface area contributed by atoms with Crippen LogP contribution in [0.5, 0.6) is 0 Å². The number of hydrogen-bond acceptors (Lipinski definition) is 2. The summed E-state index contributed by atoms with van der Waals surface area (Å²) in [6.45, 7) is 4.59. The van der Waals surface area contributed by atoms with Gasteiger partial charge in [0.2, 0.25) is 0 Å². The average molecular weight is 240 g/mol. The quantitative estimate of drug-likeness (QED) is 0.820. The normalized spacial score (nSPS) is 36.2. The second kappa shape index (κ2) is 4.97. The lowest BCUT2D eigenvalue weighted by molar-refractivity contribution is -0.174. The van der Waals surface area contributed by atoms with Crippen molar-refractivity contribution < 1.29 is 14.6 Å². The molecule has 2 fully saturated rings. The Morgan fingerprint density at radius 2 is 2.00 bits per heavy atom. The largest absolute Gasteiger partial charge is 0.481 e. The van der Waals surface area contributed by atoms with Crippen molar-refractivity contribution >= 4 is 5.97 Å². The first kappa shape index (κ1) is 12.9. The van der Waals surface area contributed by atoms with Crippen molar-refractivity contribution in [3.63, 3.8) is 0 Å². The van der Waals surface area contributed by atoms with Crippen LogP contribution in [0.15, 0.2) is 0 Å². The molecule has 3 nitrogen and oxygen atoms in total. The van der Waals surface area contributed by atoms with Crippen LogP contribution in [0.3, 0.4) is 0 Å². The molecule has 3 heteroatoms. The van der Waals surface area contributed by atoms with Crippen LogP contribution in [-0.4, -0.2) is 22.8 Å². The third kappa shape index (κ3) is 3.01. The maximum atomic E-state index is 10.9. The van der Waals surface area contributed by atoms with Crippen molar-refractivity contribution in [2.45, 2.75) is 70.5 Å². The fourth-order valence-electron chi connectivity index (χ4n) is 3.14. The minimum atomic E-state index is -0.720. The Labute approximate surface area is 104 Å². The van der Waals surface area contributed by atoms with Crippen LogP contribution in [0.25, 0.3) is 0 Å². The van der Waals surface area contributed by atoms with Gasteiger partial charge < -0.3 is 9.84 Å². The molecule has 0 aromatic rings. The van der Waals surface area contributed by atoms with E-state index in [-0.39, 0.29) is 12.0 Å². The van der Waals surface area contributed by atoms with Gasteiger partial charge in [-0.05, 0) is 50.4 Å². The van der Waals surface area contributed by atoms with Gasteiger partial charge in [0.05, 0.1) is 18.1 Å². The number of aliphatic carboxylic acids is 1. The van der Waals surface area contributed by atoms with Crippen molar-refractivity contribution in [2.24, 2.45) is 11.8 Å². The van der Waals surface area contributed by atoms with Gasteiger partial charge in [0.15, 0.2) is 0 Å². The van der Waals surface area contributed by atoms with Gasteiger partial charge in [-0.3, -0.25) is 4.79 Å². The summed E-state index contributed by atoms with van der Waals surface area (Å²) >= 11 is 0. The molecule has 2 rings (SSSR count). The Bertz CT molecular complexity index is 283. The van der Waals surface area contributed by atoms with Crippen molar-refractivity contribution in [1.82, 2.24) is 0 Å². The molecule has 0 saturated heterocycles. The van der Waals surface area contributed by atoms with E-state index in [0.717, 1.165) is 38.0 Å². The lowest BCUT2D eigenvalue weighted by Gasteiger charge is -2.45. The van der Waals surface area contributed by atoms with Crippen molar-refractivity contribution in [3.05, 3.63) is 0 Å². The Morgan fingerprint density at radius 3 is 2.47 bits per heavy atom. The molecule has 0 spiro atoms. The number of hydrogen-bond donors (Lipinski definition) is 1. The molecule has 3 unspecified atom stereocenters. The lowest BCUT2D eigenvalue weighted by Crippen LogP contribution is -2.46. The Kier molecular flexibility index (Phi) is 3.76. The molecule has 17 heavy (non-hydrogen) atoms. The third-order valence-corrected chi connectivity index (χ3v) is 4.70. The molecule has 98 valence electrons. The van der Waals surface area contributed by atoms with Gasteiger partial charge in [-0.2, -0.15) is 0 Å². The molecule has 2 aliphatic rings. The minimum absolute atomic E-state index is 0.188. The number of carboxylic acids is 1. The summed E-state index contributed by atoms with van der Waals surface area (Å²) in [5.74, 6) is 0.768. The van der Waals surface area contributed by atoms with E-state index in [1.807, 2.05) is 0 Å². The van der Waals surface area contributed by atoms with E-state index in [2.05, 4.69) is 13.8 Å². The van der Waals surface area contributed by atoms with Crippen LogP contribution in [-0.2, 0) is 9.53 Å². The summed E-state index contributed by atoms with van der Waals surface area (Å²) in [6.07, 6.45) is 6.88. The molecule has 0 aromatic heterocycles. The topological polar surface area (TPSA) is 46.5 Å². The van der Waals surface area contributed by atoms with E-state index >= 15 is 0 Å². The maximum absolute atomic E-state index is 10.9. The predicted molar refractivity (Wildman–Crippen MR) is 65.9 cm³/mol. The van der Waals surface area contributed by atoms with Crippen molar-refractivity contribution in [2.75, 3.05) is 0 Å². The fraction of sp³-hybridized carbons (Fsp3) is 0.929. The van der Waals surface area contributed by atoms with E-state index in [1.165, 1.54) is 6.42 Å². The van der Waals surface area contributed by atoms with Crippen LogP contribution < -0.4 is 0 Å². The zero-order chi connectivity index (χ0) is 12.5. The second-order valence-corrected chi connectivity index (χ2v) is 6.11. The highest BCUT2D eigenvalue weighted by molar-refractivity contribution is 5.68. The summed E-state index contributed by atoms with van der Waals surface area (Å²) in [7, 11) is 0. The molecule has 1 N–H and O–H groups in total. The molecule has 0 heterocycles. The molecule has 0 radical (unpaired) electrons. The van der Waals surface area contributed by atoms with E-state index in [4.69, 9.17) is 9.84 Å². The van der Waals surface area contributed by atoms with Gasteiger partial charge in [0, 0.05) is 0 Å². The summed E-state index contributed by atoms with van der Waals surface area (Å²) in [5.41, 5.74) is -0.323. The van der Waals surface area contributed by atoms with Crippen LogP contribution in [0, 0.1) is 11.8 Å². The molecular formula is C14H24O3. The van der Waals surface area contributed by atoms with Crippen LogP contribution in [0.2, 0.25) is 0 Å². The Morgan fingerprint density at radius 1 is 1.29 bits per heavy atom. The molecule has 3 atom stereocenters. The van der Waals surface area contributed by atoms with Gasteiger partial charge in [0.25, 0.3) is 0 Å². The van der Waals surface area contributed by atoms with E-state index in [0.29, 0.717) is 12.0 Å². The molecular weight excluding hydrogens is 216 g/mol. The van der Waals surface area contributed by atoms with E-state index in [1.54, 1.807) is 0 Å². The number of carboxylic acid groups (broad SMARTS) is 1. The van der Waals surface area contributed by atoms with Crippen molar-refractivity contribution in [3.8, 4) is 0 Å². The van der Waals surface area contributed by atoms with Gasteiger partial charge in [0.1, 0.15) is 0 Å². The molecule has 2 aliphatic carbocycles. The first-order chi connectivity index (χ1) is 8.01. The van der Waals surface area contributed by atoms with E-state index in [9.17, 15) is 4.79 Å².